The van der Waals surface area contributed by atoms with E-state index in [2.05, 4.69) is 17.1 Å². The Hall–Kier alpha value is -2.76. The predicted molar refractivity (Wildman–Crippen MR) is 104 cm³/mol. The van der Waals surface area contributed by atoms with Crippen LogP contribution in [0, 0.1) is 13.8 Å². The second-order valence-electron chi connectivity index (χ2n) is 7.42. The van der Waals surface area contributed by atoms with Gasteiger partial charge >= 0.3 is 5.69 Å². The van der Waals surface area contributed by atoms with Gasteiger partial charge in [-0.25, -0.2) is 14.5 Å². The number of aromatic nitrogens is 5. The maximum atomic E-state index is 12.4. The summed E-state index contributed by atoms with van der Waals surface area (Å²) in [4.78, 5) is 21.3. The van der Waals surface area contributed by atoms with E-state index in [1.165, 1.54) is 18.4 Å². The van der Waals surface area contributed by atoms with Gasteiger partial charge in [0.2, 0.25) is 0 Å². The largest absolute Gasteiger partial charge is 0.348 e. The molecule has 1 fully saturated rings. The molecule has 2 heterocycles. The van der Waals surface area contributed by atoms with Gasteiger partial charge in [0.25, 0.3) is 0 Å². The second-order valence-corrected chi connectivity index (χ2v) is 7.42. The molecule has 0 aliphatic heterocycles. The van der Waals surface area contributed by atoms with E-state index in [9.17, 15) is 4.79 Å². The summed E-state index contributed by atoms with van der Waals surface area (Å²) in [6.45, 7) is 4.83. The number of benzene rings is 1. The first-order valence-corrected chi connectivity index (χ1v) is 9.63. The zero-order valence-corrected chi connectivity index (χ0v) is 15.9. The average molecular weight is 363 g/mol. The predicted octanol–water partition coefficient (Wildman–Crippen LogP) is 3.21. The Morgan fingerprint density at radius 1 is 1.04 bits per heavy atom. The highest BCUT2D eigenvalue weighted by Crippen LogP contribution is 2.32. The fourth-order valence-corrected chi connectivity index (χ4v) is 3.86. The van der Waals surface area contributed by atoms with Gasteiger partial charge in [-0.15, -0.1) is 0 Å². The van der Waals surface area contributed by atoms with E-state index in [1.54, 1.807) is 4.57 Å². The standard InChI is InChI=1S/C21H25N5O/c1-15-12-16(2)25(21(27)22-15)14-19-23-20(18-10-6-7-11-18)24-26(19)13-17-8-4-3-5-9-17/h3-5,8-9,12,18H,6-7,10-11,13-14H2,1-2H3. The van der Waals surface area contributed by atoms with Crippen molar-refractivity contribution in [3.8, 4) is 0 Å². The molecule has 2 aromatic heterocycles. The normalized spacial score (nSPS) is 14.7. The van der Waals surface area contributed by atoms with Gasteiger partial charge in [0.05, 0.1) is 13.1 Å². The minimum Gasteiger partial charge on any atom is -0.289 e. The van der Waals surface area contributed by atoms with Crippen molar-refractivity contribution >= 4 is 0 Å². The van der Waals surface area contributed by atoms with E-state index in [-0.39, 0.29) is 5.69 Å². The number of hydrogen-bond donors (Lipinski definition) is 0. The third kappa shape index (κ3) is 3.84. The van der Waals surface area contributed by atoms with Crippen molar-refractivity contribution in [1.82, 2.24) is 24.3 Å². The van der Waals surface area contributed by atoms with Gasteiger partial charge in [-0.3, -0.25) is 4.57 Å². The van der Waals surface area contributed by atoms with Gasteiger partial charge in [0.1, 0.15) is 5.82 Å². The van der Waals surface area contributed by atoms with E-state index in [0.717, 1.165) is 35.9 Å². The second kappa shape index (κ2) is 7.47. The first-order valence-electron chi connectivity index (χ1n) is 9.63. The summed E-state index contributed by atoms with van der Waals surface area (Å²) in [5.74, 6) is 2.18. The van der Waals surface area contributed by atoms with Crippen LogP contribution in [0.5, 0.6) is 0 Å². The van der Waals surface area contributed by atoms with Gasteiger partial charge in [-0.05, 0) is 38.3 Å². The summed E-state index contributed by atoms with van der Waals surface area (Å²) >= 11 is 0. The number of aryl methyl sites for hydroxylation is 2. The molecule has 0 saturated heterocycles. The molecule has 0 N–H and O–H groups in total. The third-order valence-corrected chi connectivity index (χ3v) is 5.31. The molecule has 1 aromatic carbocycles. The molecule has 1 aliphatic rings. The summed E-state index contributed by atoms with van der Waals surface area (Å²) in [7, 11) is 0. The van der Waals surface area contributed by atoms with E-state index >= 15 is 0 Å². The summed E-state index contributed by atoms with van der Waals surface area (Å²) in [5, 5.41) is 4.83. The molecule has 0 radical (unpaired) electrons. The molecule has 0 unspecified atom stereocenters. The zero-order chi connectivity index (χ0) is 18.8. The molecular weight excluding hydrogens is 338 g/mol. The van der Waals surface area contributed by atoms with Crippen LogP contribution in [0.25, 0.3) is 0 Å². The van der Waals surface area contributed by atoms with Crippen LogP contribution < -0.4 is 5.69 Å². The van der Waals surface area contributed by atoms with Crippen molar-refractivity contribution in [3.63, 3.8) is 0 Å². The lowest BCUT2D eigenvalue weighted by molar-refractivity contribution is 0.579. The molecule has 1 aliphatic carbocycles. The Kier molecular flexibility index (Phi) is 4.88. The van der Waals surface area contributed by atoms with Crippen LogP contribution >= 0.6 is 0 Å². The van der Waals surface area contributed by atoms with Gasteiger partial charge in [0.15, 0.2) is 5.82 Å². The van der Waals surface area contributed by atoms with E-state index in [1.807, 2.05) is 42.8 Å². The Balaban J connectivity index is 1.70. The summed E-state index contributed by atoms with van der Waals surface area (Å²) in [6, 6.07) is 12.2. The fourth-order valence-electron chi connectivity index (χ4n) is 3.86. The fraction of sp³-hybridized carbons (Fsp3) is 0.429. The van der Waals surface area contributed by atoms with Crippen LogP contribution in [0.2, 0.25) is 0 Å². The average Bonchev–Trinajstić information content (AvgIpc) is 3.29. The molecule has 140 valence electrons. The lowest BCUT2D eigenvalue weighted by atomic mass is 10.1. The molecule has 3 aromatic rings. The summed E-state index contributed by atoms with van der Waals surface area (Å²) < 4.78 is 3.63. The highest BCUT2D eigenvalue weighted by Gasteiger charge is 2.23. The molecule has 0 bridgehead atoms. The van der Waals surface area contributed by atoms with Gasteiger partial charge in [-0.1, -0.05) is 43.2 Å². The maximum Gasteiger partial charge on any atom is 0.348 e. The van der Waals surface area contributed by atoms with Crippen molar-refractivity contribution in [1.29, 1.82) is 0 Å². The lowest BCUT2D eigenvalue weighted by Gasteiger charge is -2.10. The Morgan fingerprint density at radius 2 is 1.78 bits per heavy atom. The van der Waals surface area contributed by atoms with E-state index in [0.29, 0.717) is 19.0 Å². The van der Waals surface area contributed by atoms with Crippen molar-refractivity contribution in [2.45, 2.75) is 58.5 Å². The van der Waals surface area contributed by atoms with Crippen LogP contribution in [0.4, 0.5) is 0 Å². The lowest BCUT2D eigenvalue weighted by Crippen LogP contribution is -2.27. The van der Waals surface area contributed by atoms with Crippen LogP contribution in [-0.4, -0.2) is 24.3 Å². The Bertz CT molecular complexity index is 984. The number of hydrogen-bond acceptors (Lipinski definition) is 4. The summed E-state index contributed by atoms with van der Waals surface area (Å²) in [6.07, 6.45) is 4.79. The Labute approximate surface area is 158 Å². The maximum absolute atomic E-state index is 12.4. The molecule has 0 amide bonds. The molecule has 1 saturated carbocycles. The van der Waals surface area contributed by atoms with Crippen LogP contribution in [0.15, 0.2) is 41.2 Å². The topological polar surface area (TPSA) is 65.6 Å². The van der Waals surface area contributed by atoms with Crippen LogP contribution in [0.1, 0.15) is 60.2 Å². The van der Waals surface area contributed by atoms with Crippen molar-refractivity contribution in [2.24, 2.45) is 0 Å². The van der Waals surface area contributed by atoms with Gasteiger partial charge in [0, 0.05) is 17.3 Å². The monoisotopic (exact) mass is 363 g/mol. The minimum absolute atomic E-state index is 0.232. The van der Waals surface area contributed by atoms with Gasteiger partial charge in [-0.2, -0.15) is 10.1 Å². The first-order chi connectivity index (χ1) is 13.1. The smallest absolute Gasteiger partial charge is 0.289 e. The molecule has 27 heavy (non-hydrogen) atoms. The molecule has 4 rings (SSSR count). The number of nitrogens with zero attached hydrogens (tertiary/aromatic N) is 5. The SMILES string of the molecule is Cc1cc(C)n(Cc2nc(C3CCCC3)nn2Cc2ccccc2)c(=O)n1. The molecule has 6 nitrogen and oxygen atoms in total. The van der Waals surface area contributed by atoms with E-state index in [4.69, 9.17) is 10.1 Å². The minimum atomic E-state index is -0.232. The van der Waals surface area contributed by atoms with Crippen molar-refractivity contribution < 1.29 is 0 Å². The quantitative estimate of drug-likeness (QED) is 0.698. The highest BCUT2D eigenvalue weighted by molar-refractivity contribution is 5.16. The number of rotatable bonds is 5. The molecule has 6 heteroatoms. The first kappa shape index (κ1) is 17.6. The van der Waals surface area contributed by atoms with Crippen molar-refractivity contribution in [3.05, 3.63) is 75.5 Å². The molecular formula is C21H25N5O. The van der Waals surface area contributed by atoms with Gasteiger partial charge < -0.3 is 0 Å². The molecule has 0 spiro atoms. The third-order valence-electron chi connectivity index (χ3n) is 5.31. The van der Waals surface area contributed by atoms with E-state index < -0.39 is 0 Å². The Morgan fingerprint density at radius 3 is 2.48 bits per heavy atom. The highest BCUT2D eigenvalue weighted by atomic mass is 16.1. The van der Waals surface area contributed by atoms with Crippen LogP contribution in [-0.2, 0) is 13.1 Å². The zero-order valence-electron chi connectivity index (χ0n) is 15.9. The van der Waals surface area contributed by atoms with Crippen LogP contribution in [0.3, 0.4) is 0 Å². The molecule has 0 atom stereocenters. The van der Waals surface area contributed by atoms with Crippen molar-refractivity contribution in [2.75, 3.05) is 0 Å². The summed E-state index contributed by atoms with van der Waals surface area (Å²) in [5.41, 5.74) is 2.58.